The summed E-state index contributed by atoms with van der Waals surface area (Å²) in [6.45, 7) is 2.75. The van der Waals surface area contributed by atoms with Crippen LogP contribution >= 0.6 is 7.82 Å². The molecular formula is C42H78NO10P. The molecule has 0 aliphatic rings. The quantitative estimate of drug-likeness (QED) is 0.0233. The van der Waals surface area contributed by atoms with Crippen molar-refractivity contribution in [3.05, 3.63) is 24.3 Å². The van der Waals surface area contributed by atoms with E-state index in [-0.39, 0.29) is 19.4 Å². The van der Waals surface area contributed by atoms with Gasteiger partial charge in [0.15, 0.2) is 6.10 Å². The first kappa shape index (κ1) is 52.0. The van der Waals surface area contributed by atoms with Crippen LogP contribution in [0.5, 0.6) is 0 Å². The lowest BCUT2D eigenvalue weighted by molar-refractivity contribution is -0.161. The van der Waals surface area contributed by atoms with E-state index in [0.29, 0.717) is 12.8 Å². The number of phosphoric acid groups is 1. The summed E-state index contributed by atoms with van der Waals surface area (Å²) in [6.07, 6.45) is 38.1. The largest absolute Gasteiger partial charge is 0.480 e. The molecule has 0 saturated heterocycles. The zero-order valence-electron chi connectivity index (χ0n) is 34.1. The smallest absolute Gasteiger partial charge is 0.472 e. The third kappa shape index (κ3) is 36.9. The number of carboxylic acids is 1. The number of aliphatic carboxylic acids is 1. The van der Waals surface area contributed by atoms with Gasteiger partial charge in [0, 0.05) is 12.8 Å². The van der Waals surface area contributed by atoms with E-state index in [1.54, 1.807) is 0 Å². The number of hydrogen-bond donors (Lipinski definition) is 3. The minimum Gasteiger partial charge on any atom is -0.480 e. The monoisotopic (exact) mass is 788 g/mol. The molecule has 1 unspecified atom stereocenters. The lowest BCUT2D eigenvalue weighted by Gasteiger charge is -2.20. The molecule has 316 valence electrons. The molecule has 0 rings (SSSR count). The first-order valence-electron chi connectivity index (χ1n) is 21.4. The molecule has 3 atom stereocenters. The van der Waals surface area contributed by atoms with Crippen molar-refractivity contribution < 1.29 is 47.5 Å². The maximum atomic E-state index is 12.6. The van der Waals surface area contributed by atoms with Gasteiger partial charge < -0.3 is 25.2 Å². The molecular weight excluding hydrogens is 709 g/mol. The summed E-state index contributed by atoms with van der Waals surface area (Å²) < 4.78 is 32.6. The van der Waals surface area contributed by atoms with Crippen LogP contribution in [-0.4, -0.2) is 59.9 Å². The first-order chi connectivity index (χ1) is 26.1. The van der Waals surface area contributed by atoms with Crippen LogP contribution in [0.25, 0.3) is 0 Å². The van der Waals surface area contributed by atoms with Crippen molar-refractivity contribution in [2.24, 2.45) is 5.73 Å². The SMILES string of the molecule is CCCC/C=C/CCCCCCCCCCCC(=O)OC[C@H](COP(=O)(O)OC[C@H](N)C(=O)O)OC(=O)CCCC/C=C/CCCCCCCCCCC. The van der Waals surface area contributed by atoms with Crippen molar-refractivity contribution in [1.29, 1.82) is 0 Å². The van der Waals surface area contributed by atoms with Crippen LogP contribution in [0.15, 0.2) is 24.3 Å². The Bertz CT molecular complexity index is 1020. The average Bonchev–Trinajstić information content (AvgIpc) is 3.14. The van der Waals surface area contributed by atoms with Crippen molar-refractivity contribution in [2.75, 3.05) is 19.8 Å². The van der Waals surface area contributed by atoms with Gasteiger partial charge in [-0.15, -0.1) is 0 Å². The van der Waals surface area contributed by atoms with Crippen LogP contribution in [0.4, 0.5) is 0 Å². The molecule has 0 radical (unpaired) electrons. The van der Waals surface area contributed by atoms with Crippen LogP contribution < -0.4 is 5.73 Å². The molecule has 0 aliphatic carbocycles. The van der Waals surface area contributed by atoms with E-state index in [1.165, 1.54) is 116 Å². The Morgan fingerprint density at radius 2 is 0.944 bits per heavy atom. The topological polar surface area (TPSA) is 172 Å². The fraction of sp³-hybridized carbons (Fsp3) is 0.833. The van der Waals surface area contributed by atoms with E-state index in [1.807, 2.05) is 0 Å². The van der Waals surface area contributed by atoms with E-state index < -0.39 is 51.1 Å². The molecule has 4 N–H and O–H groups in total. The van der Waals surface area contributed by atoms with E-state index >= 15 is 0 Å². The van der Waals surface area contributed by atoms with E-state index in [4.69, 9.17) is 24.8 Å². The lowest BCUT2D eigenvalue weighted by atomic mass is 10.1. The Hall–Kier alpha value is -2.04. The molecule has 12 heteroatoms. The Morgan fingerprint density at radius 1 is 0.556 bits per heavy atom. The molecule has 0 aromatic carbocycles. The van der Waals surface area contributed by atoms with Crippen LogP contribution in [0.3, 0.4) is 0 Å². The van der Waals surface area contributed by atoms with Crippen LogP contribution in [-0.2, 0) is 37.5 Å². The molecule has 0 fully saturated rings. The zero-order valence-corrected chi connectivity index (χ0v) is 35.0. The number of esters is 2. The summed E-state index contributed by atoms with van der Waals surface area (Å²) in [5.74, 6) is -2.40. The van der Waals surface area contributed by atoms with E-state index in [9.17, 15) is 23.8 Å². The molecule has 0 spiro atoms. The molecule has 11 nitrogen and oxygen atoms in total. The molecule has 0 heterocycles. The second-order valence-electron chi connectivity index (χ2n) is 14.5. The Labute approximate surface area is 328 Å². The lowest BCUT2D eigenvalue weighted by Crippen LogP contribution is -2.34. The fourth-order valence-corrected chi connectivity index (χ4v) is 6.52. The summed E-state index contributed by atoms with van der Waals surface area (Å²) in [5.41, 5.74) is 5.33. The second-order valence-corrected chi connectivity index (χ2v) is 15.9. The van der Waals surface area contributed by atoms with Gasteiger partial charge in [-0.1, -0.05) is 147 Å². The van der Waals surface area contributed by atoms with Crippen molar-refractivity contribution in [1.82, 2.24) is 0 Å². The number of carbonyl (C=O) groups excluding carboxylic acids is 2. The normalized spacial score (nSPS) is 14.0. The van der Waals surface area contributed by atoms with Gasteiger partial charge in [-0.3, -0.25) is 23.4 Å². The summed E-state index contributed by atoms with van der Waals surface area (Å²) in [4.78, 5) is 45.9. The van der Waals surface area contributed by atoms with Crippen LogP contribution in [0.1, 0.15) is 194 Å². The highest BCUT2D eigenvalue weighted by molar-refractivity contribution is 7.47. The number of ether oxygens (including phenoxy) is 2. The highest BCUT2D eigenvalue weighted by Gasteiger charge is 2.28. The highest BCUT2D eigenvalue weighted by Crippen LogP contribution is 2.43. The van der Waals surface area contributed by atoms with Crippen molar-refractivity contribution in [3.8, 4) is 0 Å². The van der Waals surface area contributed by atoms with Gasteiger partial charge in [-0.2, -0.15) is 0 Å². The predicted octanol–water partition coefficient (Wildman–Crippen LogP) is 11.1. The summed E-state index contributed by atoms with van der Waals surface area (Å²) in [7, 11) is -4.72. The zero-order chi connectivity index (χ0) is 40.0. The van der Waals surface area contributed by atoms with Gasteiger partial charge in [0.1, 0.15) is 12.6 Å². The van der Waals surface area contributed by atoms with Gasteiger partial charge in [0.05, 0.1) is 13.2 Å². The number of phosphoric ester groups is 1. The number of carboxylic acid groups (broad SMARTS) is 1. The van der Waals surface area contributed by atoms with Gasteiger partial charge in [0.25, 0.3) is 0 Å². The van der Waals surface area contributed by atoms with Crippen LogP contribution in [0.2, 0.25) is 0 Å². The molecule has 0 aromatic rings. The van der Waals surface area contributed by atoms with Gasteiger partial charge in [0.2, 0.25) is 0 Å². The number of carbonyl (C=O) groups is 3. The molecule has 0 saturated carbocycles. The number of unbranched alkanes of at least 4 members (excludes halogenated alkanes) is 22. The fourth-order valence-electron chi connectivity index (χ4n) is 5.75. The van der Waals surface area contributed by atoms with E-state index in [0.717, 1.165) is 38.5 Å². The van der Waals surface area contributed by atoms with Gasteiger partial charge in [-0.25, -0.2) is 4.57 Å². The minimum atomic E-state index is -4.72. The Morgan fingerprint density at radius 3 is 1.44 bits per heavy atom. The molecule has 0 bridgehead atoms. The summed E-state index contributed by atoms with van der Waals surface area (Å²) in [5, 5.41) is 8.88. The number of allylic oxidation sites excluding steroid dienone is 4. The number of nitrogens with two attached hydrogens (primary N) is 1. The van der Waals surface area contributed by atoms with Gasteiger partial charge in [-0.05, 0) is 57.8 Å². The number of hydrogen-bond acceptors (Lipinski definition) is 9. The predicted molar refractivity (Wildman–Crippen MR) is 217 cm³/mol. The molecule has 54 heavy (non-hydrogen) atoms. The van der Waals surface area contributed by atoms with Gasteiger partial charge >= 0.3 is 25.7 Å². The average molecular weight is 788 g/mol. The van der Waals surface area contributed by atoms with Crippen LogP contribution in [0, 0.1) is 0 Å². The molecule has 0 aliphatic heterocycles. The van der Waals surface area contributed by atoms with Crippen molar-refractivity contribution in [2.45, 2.75) is 206 Å². The highest BCUT2D eigenvalue weighted by atomic mass is 31.2. The van der Waals surface area contributed by atoms with E-state index in [2.05, 4.69) is 42.7 Å². The maximum absolute atomic E-state index is 12.6. The Balaban J connectivity index is 4.39. The third-order valence-electron chi connectivity index (χ3n) is 9.17. The number of rotatable bonds is 40. The molecule has 0 aromatic heterocycles. The minimum absolute atomic E-state index is 0.133. The second kappa shape index (κ2) is 37.9. The van der Waals surface area contributed by atoms with Crippen molar-refractivity contribution >= 4 is 25.7 Å². The third-order valence-corrected chi connectivity index (χ3v) is 10.1. The van der Waals surface area contributed by atoms with Crippen molar-refractivity contribution in [3.63, 3.8) is 0 Å². The first-order valence-corrected chi connectivity index (χ1v) is 22.9. The maximum Gasteiger partial charge on any atom is 0.472 e. The molecule has 0 amide bonds. The standard InChI is InChI=1S/C42H78NO10P/c1-3-5-7-9-11-13-15-17-19-21-23-25-27-29-31-33-40(44)50-35-38(36-51-54(48,49)52-37-39(43)42(46)47)53-41(45)34-32-30-28-26-24-22-20-18-16-14-12-10-8-6-4-2/h9,11,24,26,38-39H,3-8,10,12-23,25,27-37,43H2,1-2H3,(H,46,47)(H,48,49)/b11-9+,26-24+/t38-,39+/m1/s1. The Kier molecular flexibility index (Phi) is 36.4. The summed E-state index contributed by atoms with van der Waals surface area (Å²) in [6, 6.07) is -1.52. The summed E-state index contributed by atoms with van der Waals surface area (Å²) >= 11 is 0.